The number of rotatable bonds is 36. The Morgan fingerprint density at radius 2 is 0.977 bits per heavy atom. The number of nitrogens with zero attached hydrogens (tertiary/aromatic N) is 1. The zero-order valence-electron chi connectivity index (χ0n) is 29.5. The number of carbonyl (C=O) groups is 1. The van der Waals surface area contributed by atoms with E-state index in [1.165, 1.54) is 128 Å². The van der Waals surface area contributed by atoms with E-state index in [2.05, 4.69) is 25.7 Å². The van der Waals surface area contributed by atoms with Gasteiger partial charge in [0.05, 0.1) is 19.3 Å². The van der Waals surface area contributed by atoms with Gasteiger partial charge in [-0.1, -0.05) is 143 Å². The summed E-state index contributed by atoms with van der Waals surface area (Å²) in [6.45, 7) is 11.3. The quantitative estimate of drug-likeness (QED) is 0.0564. The van der Waals surface area contributed by atoms with E-state index < -0.39 is 0 Å². The third-order valence-corrected chi connectivity index (χ3v) is 8.76. The van der Waals surface area contributed by atoms with Crippen LogP contribution in [0, 0.1) is 0 Å². The Kier molecular flexibility index (Phi) is 35.3. The molecule has 0 spiro atoms. The molecule has 0 heterocycles. The van der Waals surface area contributed by atoms with Gasteiger partial charge in [0.1, 0.15) is 0 Å². The smallest absolute Gasteiger partial charge is 0.305 e. The molecular formula is C38H77NO4. The van der Waals surface area contributed by atoms with E-state index in [1.54, 1.807) is 0 Å². The fraction of sp³-hybridized carbons (Fsp3) is 0.974. The fourth-order valence-electron chi connectivity index (χ4n) is 5.88. The van der Waals surface area contributed by atoms with Gasteiger partial charge in [0, 0.05) is 19.6 Å². The molecule has 0 saturated carbocycles. The van der Waals surface area contributed by atoms with Crippen LogP contribution in [0.5, 0.6) is 0 Å². The van der Waals surface area contributed by atoms with Crippen LogP contribution >= 0.6 is 0 Å². The molecule has 0 aromatic heterocycles. The molecule has 0 amide bonds. The number of hydrogen-bond acceptors (Lipinski definition) is 5. The third kappa shape index (κ3) is 32.6. The van der Waals surface area contributed by atoms with E-state index in [1.807, 2.05) is 0 Å². The fourth-order valence-corrected chi connectivity index (χ4v) is 5.88. The van der Waals surface area contributed by atoms with Crippen LogP contribution in [0.3, 0.4) is 0 Å². The highest BCUT2D eigenvalue weighted by molar-refractivity contribution is 5.69. The van der Waals surface area contributed by atoms with Gasteiger partial charge in [-0.2, -0.15) is 0 Å². The lowest BCUT2D eigenvalue weighted by molar-refractivity contribution is -0.143. The highest BCUT2D eigenvalue weighted by Crippen LogP contribution is 2.18. The number of ether oxygens (including phenoxy) is 2. The van der Waals surface area contributed by atoms with Crippen LogP contribution < -0.4 is 0 Å². The van der Waals surface area contributed by atoms with E-state index >= 15 is 0 Å². The van der Waals surface area contributed by atoms with Gasteiger partial charge in [0.15, 0.2) is 0 Å². The highest BCUT2D eigenvalue weighted by Gasteiger charge is 2.10. The Morgan fingerprint density at radius 1 is 0.535 bits per heavy atom. The van der Waals surface area contributed by atoms with Crippen LogP contribution in [0.4, 0.5) is 0 Å². The van der Waals surface area contributed by atoms with E-state index in [-0.39, 0.29) is 12.6 Å². The molecular weight excluding hydrogens is 534 g/mol. The molecule has 0 radical (unpaired) electrons. The zero-order chi connectivity index (χ0) is 31.5. The number of unbranched alkanes of at least 4 members (excludes halogenated alkanes) is 19. The van der Waals surface area contributed by atoms with Crippen molar-refractivity contribution in [3.8, 4) is 0 Å². The highest BCUT2D eigenvalue weighted by atomic mass is 16.5. The van der Waals surface area contributed by atoms with Crippen LogP contribution in [0.15, 0.2) is 0 Å². The Hall–Kier alpha value is -0.650. The summed E-state index contributed by atoms with van der Waals surface area (Å²) in [6.07, 6.45) is 33.8. The zero-order valence-corrected chi connectivity index (χ0v) is 29.5. The first-order chi connectivity index (χ1) is 21.2. The second kappa shape index (κ2) is 35.8. The SMILES string of the molecule is CCCCCCCCC(CCCCCCCC)OCCCCCCCCN(CCO)CCCCCC(=O)OCCCCC. The van der Waals surface area contributed by atoms with Crippen molar-refractivity contribution >= 4 is 5.97 Å². The first kappa shape index (κ1) is 42.3. The molecule has 0 saturated heterocycles. The molecule has 0 rings (SSSR count). The van der Waals surface area contributed by atoms with Crippen molar-refractivity contribution in [2.75, 3.05) is 39.5 Å². The summed E-state index contributed by atoms with van der Waals surface area (Å²) >= 11 is 0. The van der Waals surface area contributed by atoms with Crippen LogP contribution in [0.1, 0.15) is 194 Å². The summed E-state index contributed by atoms with van der Waals surface area (Å²) in [7, 11) is 0. The lowest BCUT2D eigenvalue weighted by atomic mass is 10.0. The van der Waals surface area contributed by atoms with Crippen molar-refractivity contribution in [3.63, 3.8) is 0 Å². The summed E-state index contributed by atoms with van der Waals surface area (Å²) in [5.74, 6) is -0.0453. The molecule has 0 aromatic rings. The second-order valence-corrected chi connectivity index (χ2v) is 13.0. The predicted molar refractivity (Wildman–Crippen MR) is 186 cm³/mol. The van der Waals surface area contributed by atoms with E-state index in [9.17, 15) is 9.90 Å². The largest absolute Gasteiger partial charge is 0.466 e. The lowest BCUT2D eigenvalue weighted by Crippen LogP contribution is -2.29. The van der Waals surface area contributed by atoms with Gasteiger partial charge >= 0.3 is 5.97 Å². The Labute approximate surface area is 269 Å². The lowest BCUT2D eigenvalue weighted by Gasteiger charge is -2.21. The monoisotopic (exact) mass is 612 g/mol. The number of aliphatic hydroxyl groups excluding tert-OH is 1. The van der Waals surface area contributed by atoms with Crippen LogP contribution in [-0.4, -0.2) is 61.5 Å². The van der Waals surface area contributed by atoms with Gasteiger partial charge in [-0.05, 0) is 58.0 Å². The molecule has 0 aliphatic rings. The molecule has 0 fully saturated rings. The second-order valence-electron chi connectivity index (χ2n) is 13.0. The van der Waals surface area contributed by atoms with Crippen molar-refractivity contribution < 1.29 is 19.4 Å². The topological polar surface area (TPSA) is 59.0 Å². The van der Waals surface area contributed by atoms with Crippen molar-refractivity contribution in [1.82, 2.24) is 4.90 Å². The molecule has 258 valence electrons. The van der Waals surface area contributed by atoms with E-state index in [0.29, 0.717) is 19.1 Å². The molecule has 0 unspecified atom stereocenters. The molecule has 0 bridgehead atoms. The van der Waals surface area contributed by atoms with Crippen LogP contribution in [0.2, 0.25) is 0 Å². The molecule has 0 aliphatic heterocycles. The maximum Gasteiger partial charge on any atom is 0.305 e. The van der Waals surface area contributed by atoms with Crippen LogP contribution in [-0.2, 0) is 14.3 Å². The standard InChI is InChI=1S/C38H77NO4/c1-4-7-10-12-16-21-28-37(29-22-17-13-11-8-5-2)42-35-27-19-15-14-18-24-31-39(33-34-40)32-25-20-23-30-38(41)43-36-26-9-6-3/h37,40H,4-36H2,1-3H3. The van der Waals surface area contributed by atoms with E-state index in [4.69, 9.17) is 9.47 Å². The summed E-state index contributed by atoms with van der Waals surface area (Å²) in [5.41, 5.74) is 0. The molecule has 0 atom stereocenters. The average Bonchev–Trinajstić information content (AvgIpc) is 3.01. The van der Waals surface area contributed by atoms with Gasteiger partial charge in [-0.15, -0.1) is 0 Å². The van der Waals surface area contributed by atoms with Gasteiger partial charge in [0.2, 0.25) is 0 Å². The minimum absolute atomic E-state index is 0.0453. The first-order valence-electron chi connectivity index (χ1n) is 19.3. The number of hydrogen-bond donors (Lipinski definition) is 1. The Morgan fingerprint density at radius 3 is 1.53 bits per heavy atom. The van der Waals surface area contributed by atoms with Crippen molar-refractivity contribution in [3.05, 3.63) is 0 Å². The Bertz CT molecular complexity index is 528. The van der Waals surface area contributed by atoms with Gasteiger partial charge in [0.25, 0.3) is 0 Å². The van der Waals surface area contributed by atoms with Gasteiger partial charge in [-0.3, -0.25) is 4.79 Å². The maximum atomic E-state index is 11.8. The third-order valence-electron chi connectivity index (χ3n) is 8.76. The first-order valence-corrected chi connectivity index (χ1v) is 19.3. The number of esters is 1. The molecule has 0 aromatic carbocycles. The molecule has 5 heteroatoms. The minimum Gasteiger partial charge on any atom is -0.466 e. The molecule has 0 aliphatic carbocycles. The summed E-state index contributed by atoms with van der Waals surface area (Å²) in [6, 6.07) is 0. The van der Waals surface area contributed by atoms with Crippen molar-refractivity contribution in [2.24, 2.45) is 0 Å². The maximum absolute atomic E-state index is 11.8. The average molecular weight is 612 g/mol. The van der Waals surface area contributed by atoms with Gasteiger partial charge < -0.3 is 19.5 Å². The summed E-state index contributed by atoms with van der Waals surface area (Å²) in [4.78, 5) is 14.2. The van der Waals surface area contributed by atoms with Crippen molar-refractivity contribution in [2.45, 2.75) is 200 Å². The summed E-state index contributed by atoms with van der Waals surface area (Å²) in [5, 5.41) is 9.46. The Balaban J connectivity index is 3.90. The number of aliphatic hydroxyl groups is 1. The van der Waals surface area contributed by atoms with E-state index in [0.717, 1.165) is 64.8 Å². The molecule has 1 N–H and O–H groups in total. The number of carbonyl (C=O) groups excluding carboxylic acids is 1. The van der Waals surface area contributed by atoms with Gasteiger partial charge in [-0.25, -0.2) is 0 Å². The summed E-state index contributed by atoms with van der Waals surface area (Å²) < 4.78 is 11.7. The van der Waals surface area contributed by atoms with Crippen molar-refractivity contribution in [1.29, 1.82) is 0 Å². The molecule has 5 nitrogen and oxygen atoms in total. The molecule has 43 heavy (non-hydrogen) atoms. The minimum atomic E-state index is -0.0453. The normalized spacial score (nSPS) is 11.7. The van der Waals surface area contributed by atoms with Crippen LogP contribution in [0.25, 0.3) is 0 Å². The predicted octanol–water partition coefficient (Wildman–Crippen LogP) is 10.8.